The molecule has 17 heavy (non-hydrogen) atoms. The molecule has 0 radical (unpaired) electrons. The molecular formula is C13H27N3O. The zero-order valence-corrected chi connectivity index (χ0v) is 11.0. The van der Waals surface area contributed by atoms with Crippen LogP contribution in [0.1, 0.15) is 6.92 Å². The summed E-state index contributed by atoms with van der Waals surface area (Å²) in [5, 5.41) is 15.9. The predicted molar refractivity (Wildman–Crippen MR) is 74.3 cm³/mol. The lowest BCUT2D eigenvalue weighted by atomic mass is 10.3. The van der Waals surface area contributed by atoms with Gasteiger partial charge in [-0.05, 0) is 6.92 Å². The van der Waals surface area contributed by atoms with Crippen molar-refractivity contribution in [3.05, 3.63) is 25.3 Å². The van der Waals surface area contributed by atoms with Crippen LogP contribution in [-0.2, 0) is 0 Å². The van der Waals surface area contributed by atoms with E-state index in [0.29, 0.717) is 6.54 Å². The second-order valence-electron chi connectivity index (χ2n) is 4.14. The minimum atomic E-state index is -0.284. The molecule has 3 N–H and O–H groups in total. The van der Waals surface area contributed by atoms with E-state index in [0.717, 1.165) is 39.3 Å². The van der Waals surface area contributed by atoms with Crippen molar-refractivity contribution in [1.82, 2.24) is 15.5 Å². The van der Waals surface area contributed by atoms with Gasteiger partial charge in [0.2, 0.25) is 0 Å². The Hall–Kier alpha value is -0.680. The average Bonchev–Trinajstić information content (AvgIpc) is 2.29. The van der Waals surface area contributed by atoms with E-state index >= 15 is 0 Å². The number of rotatable bonds is 12. The summed E-state index contributed by atoms with van der Waals surface area (Å²) in [5.41, 5.74) is 0. The van der Waals surface area contributed by atoms with Gasteiger partial charge in [0.15, 0.2) is 0 Å². The first kappa shape index (κ1) is 16.3. The van der Waals surface area contributed by atoms with Crippen molar-refractivity contribution in [3.8, 4) is 0 Å². The van der Waals surface area contributed by atoms with Crippen LogP contribution in [0.5, 0.6) is 0 Å². The molecule has 0 amide bonds. The Kier molecular flexibility index (Phi) is 11.3. The Morgan fingerprint density at radius 1 is 1.12 bits per heavy atom. The van der Waals surface area contributed by atoms with Gasteiger partial charge >= 0.3 is 0 Å². The van der Waals surface area contributed by atoms with Crippen LogP contribution in [0.2, 0.25) is 0 Å². The molecule has 0 aromatic carbocycles. The first-order valence-electron chi connectivity index (χ1n) is 6.24. The van der Waals surface area contributed by atoms with Gasteiger partial charge in [0.05, 0.1) is 6.10 Å². The van der Waals surface area contributed by atoms with Crippen molar-refractivity contribution < 1.29 is 5.11 Å². The molecule has 0 aliphatic heterocycles. The van der Waals surface area contributed by atoms with Gasteiger partial charge in [-0.2, -0.15) is 0 Å². The summed E-state index contributed by atoms with van der Waals surface area (Å²) >= 11 is 0. The standard InChI is InChI=1S/C13H27N3O/c1-4-6-14-8-10-16(12-13(3)17)11-9-15-7-5-2/h4-5,13-15,17H,1-2,6-12H2,3H3. The monoisotopic (exact) mass is 241 g/mol. The summed E-state index contributed by atoms with van der Waals surface area (Å²) in [6.45, 7) is 15.2. The largest absolute Gasteiger partial charge is 0.392 e. The third-order valence-corrected chi connectivity index (χ3v) is 2.31. The Labute approximate surface area is 105 Å². The number of aliphatic hydroxyl groups excluding tert-OH is 1. The van der Waals surface area contributed by atoms with Crippen LogP contribution < -0.4 is 10.6 Å². The van der Waals surface area contributed by atoms with Crippen molar-refractivity contribution in [2.24, 2.45) is 0 Å². The topological polar surface area (TPSA) is 47.5 Å². The quantitative estimate of drug-likeness (QED) is 0.338. The molecule has 0 saturated carbocycles. The minimum absolute atomic E-state index is 0.284. The summed E-state index contributed by atoms with van der Waals surface area (Å²) < 4.78 is 0. The minimum Gasteiger partial charge on any atom is -0.392 e. The van der Waals surface area contributed by atoms with Crippen LogP contribution in [0.25, 0.3) is 0 Å². The van der Waals surface area contributed by atoms with E-state index < -0.39 is 0 Å². The highest BCUT2D eigenvalue weighted by Gasteiger charge is 2.06. The molecule has 0 heterocycles. The Bertz CT molecular complexity index is 179. The van der Waals surface area contributed by atoms with Gasteiger partial charge in [0, 0.05) is 45.8 Å². The van der Waals surface area contributed by atoms with Gasteiger partial charge in [0.25, 0.3) is 0 Å². The normalized spacial score (nSPS) is 12.6. The summed E-state index contributed by atoms with van der Waals surface area (Å²) in [4.78, 5) is 2.25. The first-order valence-corrected chi connectivity index (χ1v) is 6.24. The zero-order chi connectivity index (χ0) is 12.9. The number of aliphatic hydroxyl groups is 1. The Balaban J connectivity index is 3.71. The third kappa shape index (κ3) is 11.6. The van der Waals surface area contributed by atoms with Crippen LogP contribution in [0.15, 0.2) is 25.3 Å². The van der Waals surface area contributed by atoms with Gasteiger partial charge in [0.1, 0.15) is 0 Å². The van der Waals surface area contributed by atoms with Crippen molar-refractivity contribution in [2.45, 2.75) is 13.0 Å². The van der Waals surface area contributed by atoms with E-state index in [4.69, 9.17) is 0 Å². The van der Waals surface area contributed by atoms with E-state index in [-0.39, 0.29) is 6.10 Å². The average molecular weight is 241 g/mol. The SMILES string of the molecule is C=CCNCCN(CCNCC=C)CC(C)O. The lowest BCUT2D eigenvalue weighted by Crippen LogP contribution is -2.40. The van der Waals surface area contributed by atoms with Crippen LogP contribution in [-0.4, -0.2) is 61.9 Å². The van der Waals surface area contributed by atoms with Crippen molar-refractivity contribution in [2.75, 3.05) is 45.8 Å². The second-order valence-corrected chi connectivity index (χ2v) is 4.14. The molecule has 4 nitrogen and oxygen atoms in total. The van der Waals surface area contributed by atoms with Crippen molar-refractivity contribution in [3.63, 3.8) is 0 Å². The van der Waals surface area contributed by atoms with Gasteiger partial charge in [-0.15, -0.1) is 13.2 Å². The van der Waals surface area contributed by atoms with Gasteiger partial charge < -0.3 is 15.7 Å². The summed E-state index contributed by atoms with van der Waals surface area (Å²) in [6.07, 6.45) is 3.42. The molecular weight excluding hydrogens is 214 g/mol. The van der Waals surface area contributed by atoms with E-state index in [2.05, 4.69) is 28.7 Å². The van der Waals surface area contributed by atoms with Crippen LogP contribution in [0, 0.1) is 0 Å². The predicted octanol–water partition coefficient (Wildman–Crippen LogP) is 0.220. The molecule has 4 heteroatoms. The lowest BCUT2D eigenvalue weighted by Gasteiger charge is -2.23. The van der Waals surface area contributed by atoms with E-state index in [1.54, 1.807) is 0 Å². The lowest BCUT2D eigenvalue weighted by molar-refractivity contribution is 0.127. The number of nitrogens with zero attached hydrogens (tertiary/aromatic N) is 1. The fourth-order valence-electron chi connectivity index (χ4n) is 1.55. The smallest absolute Gasteiger partial charge is 0.0639 e. The molecule has 1 unspecified atom stereocenters. The van der Waals surface area contributed by atoms with Gasteiger partial charge in [-0.25, -0.2) is 0 Å². The highest BCUT2D eigenvalue weighted by molar-refractivity contribution is 4.72. The van der Waals surface area contributed by atoms with Crippen molar-refractivity contribution in [1.29, 1.82) is 0 Å². The van der Waals surface area contributed by atoms with Crippen LogP contribution in [0.4, 0.5) is 0 Å². The Morgan fingerprint density at radius 2 is 1.59 bits per heavy atom. The first-order chi connectivity index (χ1) is 8.20. The third-order valence-electron chi connectivity index (χ3n) is 2.31. The van der Waals surface area contributed by atoms with E-state index in [1.807, 2.05) is 19.1 Å². The second kappa shape index (κ2) is 11.8. The molecule has 0 saturated heterocycles. The Morgan fingerprint density at radius 3 is 1.94 bits per heavy atom. The molecule has 0 aliphatic carbocycles. The molecule has 0 rings (SSSR count). The zero-order valence-electron chi connectivity index (χ0n) is 11.0. The maximum absolute atomic E-state index is 9.41. The highest BCUT2D eigenvalue weighted by Crippen LogP contribution is 1.91. The number of hydrogen-bond donors (Lipinski definition) is 3. The highest BCUT2D eigenvalue weighted by atomic mass is 16.3. The van der Waals surface area contributed by atoms with E-state index in [1.165, 1.54) is 0 Å². The molecule has 0 bridgehead atoms. The van der Waals surface area contributed by atoms with Crippen molar-refractivity contribution >= 4 is 0 Å². The van der Waals surface area contributed by atoms with E-state index in [9.17, 15) is 5.11 Å². The number of nitrogens with one attached hydrogen (secondary N) is 2. The summed E-state index contributed by atoms with van der Waals surface area (Å²) in [5.74, 6) is 0. The summed E-state index contributed by atoms with van der Waals surface area (Å²) in [6, 6.07) is 0. The fraction of sp³-hybridized carbons (Fsp3) is 0.692. The molecule has 0 fully saturated rings. The van der Waals surface area contributed by atoms with Crippen LogP contribution >= 0.6 is 0 Å². The van der Waals surface area contributed by atoms with Gasteiger partial charge in [-0.1, -0.05) is 12.2 Å². The van der Waals surface area contributed by atoms with Gasteiger partial charge in [-0.3, -0.25) is 4.90 Å². The molecule has 0 spiro atoms. The molecule has 0 aromatic rings. The molecule has 0 aromatic heterocycles. The maximum atomic E-state index is 9.41. The molecule has 1 atom stereocenters. The van der Waals surface area contributed by atoms with Crippen LogP contribution in [0.3, 0.4) is 0 Å². The maximum Gasteiger partial charge on any atom is 0.0639 e. The summed E-state index contributed by atoms with van der Waals surface area (Å²) in [7, 11) is 0. The molecule has 100 valence electrons. The fourth-order valence-corrected chi connectivity index (χ4v) is 1.55. The number of hydrogen-bond acceptors (Lipinski definition) is 4. The molecule has 0 aliphatic rings.